The lowest BCUT2D eigenvalue weighted by atomic mass is 10.0. The van der Waals surface area contributed by atoms with Crippen molar-refractivity contribution in [2.75, 3.05) is 4.90 Å². The molecule has 1 aromatic heterocycles. The first-order valence-electron chi connectivity index (χ1n) is 5.87. The fourth-order valence-corrected chi connectivity index (χ4v) is 1.80. The number of pyridine rings is 1. The number of amides is 1. The lowest BCUT2D eigenvalue weighted by Gasteiger charge is -2.33. The number of rotatable bonds is 3. The first-order valence-corrected chi connectivity index (χ1v) is 5.87. The number of hydrogen-bond acceptors (Lipinski definition) is 2. The van der Waals surface area contributed by atoms with Crippen LogP contribution in [-0.4, -0.2) is 27.6 Å². The molecule has 0 saturated heterocycles. The Kier molecular flexibility index (Phi) is 4.12. The molecule has 0 fully saturated rings. The molecule has 19 heavy (non-hydrogen) atoms. The van der Waals surface area contributed by atoms with E-state index in [2.05, 4.69) is 4.98 Å². The van der Waals surface area contributed by atoms with Gasteiger partial charge in [0.15, 0.2) is 0 Å². The van der Waals surface area contributed by atoms with Crippen molar-refractivity contribution in [3.8, 4) is 0 Å². The topological polar surface area (TPSA) is 53.4 Å². The highest BCUT2D eigenvalue weighted by Crippen LogP contribution is 2.29. The normalized spacial score (nSPS) is 12.3. The molecule has 4 nitrogen and oxygen atoms in total. The maximum Gasteiger partial charge on any atom is 0.413 e. The van der Waals surface area contributed by atoms with Crippen molar-refractivity contribution in [3.63, 3.8) is 0 Å². The van der Waals surface area contributed by atoms with Gasteiger partial charge in [-0.2, -0.15) is 0 Å². The van der Waals surface area contributed by atoms with Gasteiger partial charge in [0, 0.05) is 23.7 Å². The molecule has 1 rings (SSSR count). The van der Waals surface area contributed by atoms with Crippen molar-refractivity contribution in [1.29, 1.82) is 0 Å². The number of carboxylic acid groups (broad SMARTS) is 1. The Morgan fingerprint density at radius 3 is 2.37 bits per heavy atom. The molecule has 0 aromatic carbocycles. The van der Waals surface area contributed by atoms with Crippen molar-refractivity contribution in [2.45, 2.75) is 45.6 Å². The van der Waals surface area contributed by atoms with Crippen molar-refractivity contribution < 1.29 is 18.7 Å². The van der Waals surface area contributed by atoms with E-state index in [0.717, 1.165) is 11.8 Å². The van der Waals surface area contributed by atoms with Gasteiger partial charge in [-0.05, 0) is 33.8 Å². The third-order valence-electron chi connectivity index (χ3n) is 2.44. The minimum atomic E-state index is -2.92. The monoisotopic (exact) mass is 272 g/mol. The third-order valence-corrected chi connectivity index (χ3v) is 2.44. The van der Waals surface area contributed by atoms with E-state index in [1.165, 1.54) is 18.3 Å². The second kappa shape index (κ2) is 5.11. The quantitative estimate of drug-likeness (QED) is 0.915. The van der Waals surface area contributed by atoms with Gasteiger partial charge in [-0.1, -0.05) is 6.07 Å². The van der Waals surface area contributed by atoms with E-state index in [1.54, 1.807) is 20.8 Å². The van der Waals surface area contributed by atoms with Gasteiger partial charge in [-0.15, -0.1) is 0 Å². The Balaban J connectivity index is 3.28. The molecule has 0 aliphatic heterocycles. The number of hydrogen-bond donors (Lipinski definition) is 1. The summed E-state index contributed by atoms with van der Waals surface area (Å²) in [6.07, 6.45) is -0.364. The second-order valence-electron chi connectivity index (χ2n) is 5.52. The van der Waals surface area contributed by atoms with Crippen LogP contribution in [0.2, 0.25) is 0 Å². The highest BCUT2D eigenvalue weighted by Gasteiger charge is 2.33. The van der Waals surface area contributed by atoms with Crippen molar-refractivity contribution >= 4 is 11.9 Å². The van der Waals surface area contributed by atoms with Crippen molar-refractivity contribution in [1.82, 2.24) is 4.98 Å². The SMILES string of the molecule is CC(F)(F)Cc1cccnc1N(C(=O)O)C(C)(C)C. The molecule has 0 unspecified atom stereocenters. The van der Waals surface area contributed by atoms with E-state index < -0.39 is 24.0 Å². The van der Waals surface area contributed by atoms with E-state index in [-0.39, 0.29) is 11.4 Å². The fraction of sp³-hybridized carbons (Fsp3) is 0.538. The van der Waals surface area contributed by atoms with Crippen LogP contribution < -0.4 is 4.90 Å². The van der Waals surface area contributed by atoms with Crippen LogP contribution in [0.15, 0.2) is 18.3 Å². The summed E-state index contributed by atoms with van der Waals surface area (Å²) in [4.78, 5) is 16.3. The summed E-state index contributed by atoms with van der Waals surface area (Å²) in [5.74, 6) is -2.86. The molecule has 1 N–H and O–H groups in total. The lowest BCUT2D eigenvalue weighted by Crippen LogP contribution is -2.46. The van der Waals surface area contributed by atoms with Gasteiger partial charge in [0.25, 0.3) is 0 Å². The average Bonchev–Trinajstić information content (AvgIpc) is 2.15. The maximum absolute atomic E-state index is 13.2. The Morgan fingerprint density at radius 2 is 1.95 bits per heavy atom. The lowest BCUT2D eigenvalue weighted by molar-refractivity contribution is 0.0225. The predicted molar refractivity (Wildman–Crippen MR) is 68.8 cm³/mol. The maximum atomic E-state index is 13.2. The zero-order valence-corrected chi connectivity index (χ0v) is 11.4. The summed E-state index contributed by atoms with van der Waals surface area (Å²) < 4.78 is 26.3. The molecule has 0 bridgehead atoms. The first-order chi connectivity index (χ1) is 8.52. The molecule has 1 amide bonds. The summed E-state index contributed by atoms with van der Waals surface area (Å²) in [5.41, 5.74) is -0.551. The summed E-state index contributed by atoms with van der Waals surface area (Å²) >= 11 is 0. The van der Waals surface area contributed by atoms with Crippen LogP contribution in [-0.2, 0) is 6.42 Å². The molecule has 0 atom stereocenters. The fourth-order valence-electron chi connectivity index (χ4n) is 1.80. The Labute approximate surface area is 111 Å². The van der Waals surface area contributed by atoms with E-state index in [9.17, 15) is 18.7 Å². The number of anilines is 1. The van der Waals surface area contributed by atoms with E-state index >= 15 is 0 Å². The smallest absolute Gasteiger partial charge is 0.413 e. The van der Waals surface area contributed by atoms with E-state index in [4.69, 9.17) is 0 Å². The summed E-state index contributed by atoms with van der Waals surface area (Å²) in [7, 11) is 0. The van der Waals surface area contributed by atoms with Crippen molar-refractivity contribution in [2.24, 2.45) is 0 Å². The molecular weight excluding hydrogens is 254 g/mol. The number of carbonyl (C=O) groups is 1. The van der Waals surface area contributed by atoms with Crippen LogP contribution >= 0.6 is 0 Å². The van der Waals surface area contributed by atoms with E-state index in [0.29, 0.717) is 0 Å². The van der Waals surface area contributed by atoms with Gasteiger partial charge in [-0.25, -0.2) is 18.6 Å². The minimum Gasteiger partial charge on any atom is -0.465 e. The highest BCUT2D eigenvalue weighted by atomic mass is 19.3. The zero-order valence-electron chi connectivity index (χ0n) is 11.4. The number of aromatic nitrogens is 1. The van der Waals surface area contributed by atoms with Gasteiger partial charge >= 0.3 is 6.09 Å². The van der Waals surface area contributed by atoms with Gasteiger partial charge in [0.1, 0.15) is 5.82 Å². The number of nitrogens with zero attached hydrogens (tertiary/aromatic N) is 2. The third kappa shape index (κ3) is 4.15. The molecule has 0 radical (unpaired) electrons. The zero-order chi connectivity index (χ0) is 14.8. The van der Waals surface area contributed by atoms with Crippen LogP contribution in [0.25, 0.3) is 0 Å². The van der Waals surface area contributed by atoms with Crippen LogP contribution in [0.4, 0.5) is 19.4 Å². The highest BCUT2D eigenvalue weighted by molar-refractivity contribution is 5.87. The number of alkyl halides is 2. The molecule has 1 aromatic rings. The molecule has 6 heteroatoms. The average molecular weight is 272 g/mol. The van der Waals surface area contributed by atoms with Gasteiger partial charge < -0.3 is 5.11 Å². The minimum absolute atomic E-state index is 0.0593. The molecule has 0 aliphatic carbocycles. The number of halogens is 2. The molecule has 106 valence electrons. The molecule has 0 aliphatic rings. The van der Waals surface area contributed by atoms with E-state index in [1.807, 2.05) is 0 Å². The Bertz CT molecular complexity index is 464. The predicted octanol–water partition coefficient (Wildman–Crippen LogP) is 3.56. The van der Waals surface area contributed by atoms with Crippen molar-refractivity contribution in [3.05, 3.63) is 23.9 Å². The largest absolute Gasteiger partial charge is 0.465 e. The molecule has 0 spiro atoms. The summed E-state index contributed by atoms with van der Waals surface area (Å²) in [6.45, 7) is 5.85. The molecule has 0 saturated carbocycles. The van der Waals surface area contributed by atoms with Gasteiger partial charge in [-0.3, -0.25) is 4.90 Å². The summed E-state index contributed by atoms with van der Waals surface area (Å²) in [5, 5.41) is 9.28. The van der Waals surface area contributed by atoms with Crippen LogP contribution in [0.5, 0.6) is 0 Å². The van der Waals surface area contributed by atoms with Crippen LogP contribution in [0.1, 0.15) is 33.3 Å². The standard InChI is InChI=1S/C13H18F2N2O2/c1-12(2,3)17(11(18)19)10-9(6-5-7-16-10)8-13(4,14)15/h5-7H,8H2,1-4H3,(H,18,19). The Morgan fingerprint density at radius 1 is 1.37 bits per heavy atom. The van der Waals surface area contributed by atoms with Gasteiger partial charge in [0.2, 0.25) is 5.92 Å². The summed E-state index contributed by atoms with van der Waals surface area (Å²) in [6, 6.07) is 2.99. The Hall–Kier alpha value is -1.72. The molecular formula is C13H18F2N2O2. The van der Waals surface area contributed by atoms with Gasteiger partial charge in [0.05, 0.1) is 0 Å². The van der Waals surface area contributed by atoms with Crippen LogP contribution in [0, 0.1) is 0 Å². The first kappa shape index (κ1) is 15.3. The molecule has 1 heterocycles. The van der Waals surface area contributed by atoms with Crippen LogP contribution in [0.3, 0.4) is 0 Å². The second-order valence-corrected chi connectivity index (χ2v) is 5.52.